The second-order valence-electron chi connectivity index (χ2n) is 5.81. The van der Waals surface area contributed by atoms with E-state index in [4.69, 9.17) is 14.7 Å². The van der Waals surface area contributed by atoms with Gasteiger partial charge in [-0.25, -0.2) is 10.3 Å². The summed E-state index contributed by atoms with van der Waals surface area (Å²) in [7, 11) is 2.80. The van der Waals surface area contributed by atoms with Crippen LogP contribution in [0.3, 0.4) is 0 Å². The molecule has 0 aliphatic heterocycles. The summed E-state index contributed by atoms with van der Waals surface area (Å²) >= 11 is 0. The Balaban J connectivity index is 2.28. The SMILES string of the molecule is COC(=O)C(=Cc1ccc(OC)c(OC2CCCC2)c1)CC(=O)NO. The van der Waals surface area contributed by atoms with E-state index in [1.165, 1.54) is 18.7 Å². The Morgan fingerprint density at radius 1 is 1.24 bits per heavy atom. The van der Waals surface area contributed by atoms with Gasteiger partial charge in [-0.2, -0.15) is 0 Å². The normalized spacial score (nSPS) is 14.9. The molecule has 7 nitrogen and oxygen atoms in total. The molecule has 0 bridgehead atoms. The van der Waals surface area contributed by atoms with E-state index >= 15 is 0 Å². The number of ether oxygens (including phenoxy) is 3. The van der Waals surface area contributed by atoms with Crippen LogP contribution in [0.15, 0.2) is 23.8 Å². The van der Waals surface area contributed by atoms with Crippen molar-refractivity contribution in [3.05, 3.63) is 29.3 Å². The highest BCUT2D eigenvalue weighted by Crippen LogP contribution is 2.33. The summed E-state index contributed by atoms with van der Waals surface area (Å²) in [5.74, 6) is -0.138. The molecule has 7 heteroatoms. The number of hydrogen-bond donors (Lipinski definition) is 2. The minimum Gasteiger partial charge on any atom is -0.493 e. The predicted octanol–water partition coefficient (Wildman–Crippen LogP) is 2.47. The topological polar surface area (TPSA) is 94.1 Å². The summed E-state index contributed by atoms with van der Waals surface area (Å²) in [5.41, 5.74) is 2.29. The van der Waals surface area contributed by atoms with Gasteiger partial charge in [0.25, 0.3) is 0 Å². The minimum absolute atomic E-state index is 0.117. The Morgan fingerprint density at radius 2 is 1.96 bits per heavy atom. The molecular weight excluding hydrogens is 326 g/mol. The number of carbonyl (C=O) groups excluding carboxylic acids is 2. The third-order valence-corrected chi connectivity index (χ3v) is 4.05. The van der Waals surface area contributed by atoms with Gasteiger partial charge < -0.3 is 14.2 Å². The van der Waals surface area contributed by atoms with Crippen LogP contribution in [0.25, 0.3) is 6.08 Å². The van der Waals surface area contributed by atoms with E-state index in [-0.39, 0.29) is 18.1 Å². The quantitative estimate of drug-likeness (QED) is 0.340. The van der Waals surface area contributed by atoms with Crippen molar-refractivity contribution < 1.29 is 29.0 Å². The fourth-order valence-electron chi connectivity index (χ4n) is 2.79. The molecule has 0 spiro atoms. The first-order valence-corrected chi connectivity index (χ1v) is 8.14. The first-order valence-electron chi connectivity index (χ1n) is 8.14. The molecule has 1 fully saturated rings. The number of esters is 1. The maximum atomic E-state index is 11.8. The molecule has 2 rings (SSSR count). The third kappa shape index (κ3) is 5.22. The smallest absolute Gasteiger partial charge is 0.334 e. The standard InChI is InChI=1S/C18H23NO6/c1-23-15-8-7-12(10-16(15)25-14-5-3-4-6-14)9-13(18(21)24-2)11-17(20)19-22/h7-10,14,22H,3-6,11H2,1-2H3,(H,19,20). The number of benzene rings is 1. The zero-order valence-corrected chi connectivity index (χ0v) is 14.4. The molecule has 0 unspecified atom stereocenters. The summed E-state index contributed by atoms with van der Waals surface area (Å²) in [6.07, 6.45) is 5.70. The number of hydroxylamine groups is 1. The summed E-state index contributed by atoms with van der Waals surface area (Å²) in [5, 5.41) is 8.66. The monoisotopic (exact) mass is 349 g/mol. The maximum Gasteiger partial charge on any atom is 0.334 e. The van der Waals surface area contributed by atoms with E-state index in [1.807, 2.05) is 0 Å². The van der Waals surface area contributed by atoms with Gasteiger partial charge in [-0.1, -0.05) is 6.07 Å². The molecule has 1 aromatic rings. The van der Waals surface area contributed by atoms with Gasteiger partial charge in [0.2, 0.25) is 5.91 Å². The van der Waals surface area contributed by atoms with Gasteiger partial charge >= 0.3 is 5.97 Å². The molecule has 2 N–H and O–H groups in total. The summed E-state index contributed by atoms with van der Waals surface area (Å²) in [6.45, 7) is 0. The number of rotatable bonds is 7. The van der Waals surface area contributed by atoms with Crippen molar-refractivity contribution >= 4 is 18.0 Å². The van der Waals surface area contributed by atoms with E-state index in [9.17, 15) is 9.59 Å². The number of methoxy groups -OCH3 is 2. The lowest BCUT2D eigenvalue weighted by atomic mass is 10.1. The lowest BCUT2D eigenvalue weighted by Gasteiger charge is -2.16. The van der Waals surface area contributed by atoms with Crippen molar-refractivity contribution in [1.82, 2.24) is 5.48 Å². The first-order chi connectivity index (χ1) is 12.1. The van der Waals surface area contributed by atoms with Crippen molar-refractivity contribution in [2.24, 2.45) is 0 Å². The molecule has 136 valence electrons. The molecule has 0 saturated heterocycles. The van der Waals surface area contributed by atoms with E-state index in [2.05, 4.69) is 4.74 Å². The van der Waals surface area contributed by atoms with Crippen LogP contribution < -0.4 is 15.0 Å². The van der Waals surface area contributed by atoms with Gasteiger partial charge in [-0.15, -0.1) is 0 Å². The maximum absolute atomic E-state index is 11.8. The van der Waals surface area contributed by atoms with Crippen LogP contribution in [0.1, 0.15) is 37.7 Å². The Morgan fingerprint density at radius 3 is 2.56 bits per heavy atom. The molecule has 1 aromatic carbocycles. The van der Waals surface area contributed by atoms with Crippen LogP contribution in [0.2, 0.25) is 0 Å². The van der Waals surface area contributed by atoms with E-state index in [1.54, 1.807) is 25.3 Å². The average Bonchev–Trinajstić information content (AvgIpc) is 3.13. The molecule has 0 atom stereocenters. The van der Waals surface area contributed by atoms with Crippen molar-refractivity contribution in [2.45, 2.75) is 38.2 Å². The van der Waals surface area contributed by atoms with Crippen molar-refractivity contribution in [2.75, 3.05) is 14.2 Å². The third-order valence-electron chi connectivity index (χ3n) is 4.05. The fraction of sp³-hybridized carbons (Fsp3) is 0.444. The van der Waals surface area contributed by atoms with Crippen LogP contribution >= 0.6 is 0 Å². The minimum atomic E-state index is -0.701. The van der Waals surface area contributed by atoms with Crippen molar-refractivity contribution in [1.29, 1.82) is 0 Å². The lowest BCUT2D eigenvalue weighted by Crippen LogP contribution is -2.21. The highest BCUT2D eigenvalue weighted by Gasteiger charge is 2.19. The summed E-state index contributed by atoms with van der Waals surface area (Å²) < 4.78 is 16.0. The van der Waals surface area contributed by atoms with Gasteiger partial charge in [0, 0.05) is 5.57 Å². The molecule has 1 saturated carbocycles. The second kappa shape index (κ2) is 9.08. The van der Waals surface area contributed by atoms with Crippen LogP contribution in [0, 0.1) is 0 Å². The molecule has 0 aromatic heterocycles. The van der Waals surface area contributed by atoms with Crippen LogP contribution in [-0.4, -0.2) is 37.4 Å². The zero-order chi connectivity index (χ0) is 18.2. The highest BCUT2D eigenvalue weighted by molar-refractivity contribution is 5.99. The number of nitrogens with one attached hydrogen (secondary N) is 1. The number of amides is 1. The Kier molecular flexibility index (Phi) is 6.82. The molecule has 1 aliphatic carbocycles. The van der Waals surface area contributed by atoms with Crippen LogP contribution in [-0.2, 0) is 14.3 Å². The Hall–Kier alpha value is -2.54. The largest absolute Gasteiger partial charge is 0.493 e. The molecule has 1 amide bonds. The fourth-order valence-corrected chi connectivity index (χ4v) is 2.79. The Labute approximate surface area is 146 Å². The Bertz CT molecular complexity index is 649. The first kappa shape index (κ1) is 18.8. The van der Waals surface area contributed by atoms with Gasteiger partial charge in [-0.05, 0) is 49.5 Å². The molecule has 1 aliphatic rings. The van der Waals surface area contributed by atoms with Gasteiger partial charge in [0.1, 0.15) is 0 Å². The van der Waals surface area contributed by atoms with E-state index in [0.717, 1.165) is 25.7 Å². The zero-order valence-electron chi connectivity index (χ0n) is 14.4. The molecule has 0 radical (unpaired) electrons. The van der Waals surface area contributed by atoms with Crippen LogP contribution in [0.4, 0.5) is 0 Å². The predicted molar refractivity (Wildman–Crippen MR) is 90.4 cm³/mol. The van der Waals surface area contributed by atoms with Crippen LogP contribution in [0.5, 0.6) is 11.5 Å². The van der Waals surface area contributed by atoms with Crippen molar-refractivity contribution in [3.8, 4) is 11.5 Å². The van der Waals surface area contributed by atoms with Gasteiger partial charge in [0.05, 0.1) is 26.7 Å². The van der Waals surface area contributed by atoms with Gasteiger partial charge in [0.15, 0.2) is 11.5 Å². The number of carbonyl (C=O) groups is 2. The van der Waals surface area contributed by atoms with E-state index in [0.29, 0.717) is 17.1 Å². The molecular formula is C18H23NO6. The van der Waals surface area contributed by atoms with E-state index < -0.39 is 11.9 Å². The van der Waals surface area contributed by atoms with Gasteiger partial charge in [-0.3, -0.25) is 10.0 Å². The van der Waals surface area contributed by atoms with Crippen molar-refractivity contribution in [3.63, 3.8) is 0 Å². The average molecular weight is 349 g/mol. The summed E-state index contributed by atoms with van der Waals surface area (Å²) in [6, 6.07) is 5.26. The molecule has 0 heterocycles. The number of hydrogen-bond acceptors (Lipinski definition) is 6. The lowest BCUT2D eigenvalue weighted by molar-refractivity contribution is -0.138. The molecule has 25 heavy (non-hydrogen) atoms. The highest BCUT2D eigenvalue weighted by atomic mass is 16.5. The summed E-state index contributed by atoms with van der Waals surface area (Å²) in [4.78, 5) is 23.2. The second-order valence-corrected chi connectivity index (χ2v) is 5.81.